The van der Waals surface area contributed by atoms with E-state index in [1.54, 1.807) is 30.6 Å². The molecule has 132 valence electrons. The van der Waals surface area contributed by atoms with Crippen LogP contribution in [0.3, 0.4) is 0 Å². The first-order chi connectivity index (χ1) is 12.6. The van der Waals surface area contributed by atoms with E-state index in [1.807, 2.05) is 0 Å². The fourth-order valence-electron chi connectivity index (χ4n) is 2.39. The zero-order valence-corrected chi connectivity index (χ0v) is 13.6. The van der Waals surface area contributed by atoms with Crippen molar-refractivity contribution in [2.45, 2.75) is 13.1 Å². The zero-order valence-electron chi connectivity index (χ0n) is 13.6. The van der Waals surface area contributed by atoms with Gasteiger partial charge in [-0.1, -0.05) is 18.2 Å². The number of pyridine rings is 1. The minimum absolute atomic E-state index is 0.175. The number of halogens is 1. The van der Waals surface area contributed by atoms with Gasteiger partial charge in [-0.25, -0.2) is 9.18 Å². The summed E-state index contributed by atoms with van der Waals surface area (Å²) in [6, 6.07) is 9.27. The lowest BCUT2D eigenvalue weighted by Gasteiger charge is -2.09. The van der Waals surface area contributed by atoms with E-state index in [0.29, 0.717) is 0 Å². The highest BCUT2D eigenvalue weighted by Crippen LogP contribution is 2.06. The number of nitrogens with one attached hydrogen (secondary N) is 2. The molecule has 1 aromatic carbocycles. The van der Waals surface area contributed by atoms with Crippen LogP contribution in [-0.4, -0.2) is 20.4 Å². The van der Waals surface area contributed by atoms with Crippen LogP contribution >= 0.6 is 0 Å². The first-order valence-electron chi connectivity index (χ1n) is 7.79. The summed E-state index contributed by atoms with van der Waals surface area (Å²) >= 11 is 0. The first kappa shape index (κ1) is 17.3. The van der Waals surface area contributed by atoms with Crippen molar-refractivity contribution >= 4 is 5.91 Å². The molecule has 0 radical (unpaired) electrons. The predicted molar refractivity (Wildman–Crippen MR) is 92.2 cm³/mol. The number of H-pyrrole nitrogens is 1. The Morgan fingerprint density at radius 1 is 1.15 bits per heavy atom. The molecule has 3 rings (SSSR count). The van der Waals surface area contributed by atoms with Crippen LogP contribution in [0.15, 0.2) is 64.6 Å². The molecule has 0 unspecified atom stereocenters. The molecular weight excluding hydrogens is 339 g/mol. The molecule has 1 amide bonds. The third-order valence-electron chi connectivity index (χ3n) is 3.79. The van der Waals surface area contributed by atoms with Crippen molar-refractivity contribution in [3.8, 4) is 0 Å². The number of hydrogen-bond donors (Lipinski definition) is 2. The molecule has 0 atom stereocenters. The summed E-state index contributed by atoms with van der Waals surface area (Å²) < 4.78 is 14.6. The smallest absolute Gasteiger partial charge is 0.328 e. The lowest BCUT2D eigenvalue weighted by Crippen LogP contribution is -2.40. The van der Waals surface area contributed by atoms with Crippen molar-refractivity contribution in [1.82, 2.24) is 19.9 Å². The van der Waals surface area contributed by atoms with E-state index >= 15 is 0 Å². The van der Waals surface area contributed by atoms with E-state index in [0.717, 1.165) is 16.3 Å². The topological polar surface area (TPSA) is 96.8 Å². The molecule has 0 spiro atoms. The van der Waals surface area contributed by atoms with E-state index in [-0.39, 0.29) is 24.2 Å². The molecule has 0 saturated carbocycles. The van der Waals surface area contributed by atoms with E-state index in [9.17, 15) is 18.8 Å². The molecule has 0 fully saturated rings. The van der Waals surface area contributed by atoms with Crippen LogP contribution in [0, 0.1) is 5.82 Å². The fourth-order valence-corrected chi connectivity index (χ4v) is 2.39. The number of carbonyl (C=O) groups is 1. The van der Waals surface area contributed by atoms with Crippen LogP contribution < -0.4 is 16.6 Å². The summed E-state index contributed by atoms with van der Waals surface area (Å²) in [6.07, 6.45) is 4.23. The van der Waals surface area contributed by atoms with Crippen molar-refractivity contribution in [2.24, 2.45) is 0 Å². The standard InChI is InChI=1S/C18H15FN4O3/c19-15-4-2-1-3-13(15)11-23-17(25)14(10-22-18(23)26)16(24)21-9-12-5-7-20-8-6-12/h1-8,10H,9,11H2,(H,21,24)(H,22,26). The summed E-state index contributed by atoms with van der Waals surface area (Å²) in [5.74, 6) is -1.17. The Balaban J connectivity index is 1.85. The van der Waals surface area contributed by atoms with Crippen LogP contribution in [0.2, 0.25) is 0 Å². The molecule has 2 heterocycles. The molecular formula is C18H15FN4O3. The van der Waals surface area contributed by atoms with Gasteiger partial charge in [-0.15, -0.1) is 0 Å². The van der Waals surface area contributed by atoms with Gasteiger partial charge in [-0.05, 0) is 23.8 Å². The van der Waals surface area contributed by atoms with E-state index in [4.69, 9.17) is 0 Å². The maximum absolute atomic E-state index is 13.8. The third-order valence-corrected chi connectivity index (χ3v) is 3.79. The van der Waals surface area contributed by atoms with Gasteiger partial charge in [0.1, 0.15) is 11.4 Å². The molecule has 2 N–H and O–H groups in total. The summed E-state index contributed by atoms with van der Waals surface area (Å²) in [7, 11) is 0. The number of benzene rings is 1. The largest absolute Gasteiger partial charge is 0.348 e. The maximum Gasteiger partial charge on any atom is 0.328 e. The number of amides is 1. The van der Waals surface area contributed by atoms with E-state index in [2.05, 4.69) is 15.3 Å². The SMILES string of the molecule is O=C(NCc1ccncc1)c1c[nH]c(=O)n(Cc2ccccc2F)c1=O. The average molecular weight is 354 g/mol. The number of carbonyl (C=O) groups excluding carboxylic acids is 1. The van der Waals surface area contributed by atoms with Gasteiger partial charge in [0.15, 0.2) is 0 Å². The Hall–Kier alpha value is -3.55. The van der Waals surface area contributed by atoms with Crippen LogP contribution in [0.4, 0.5) is 4.39 Å². The summed E-state index contributed by atoms with van der Waals surface area (Å²) in [5, 5.41) is 2.60. The van der Waals surface area contributed by atoms with Crippen molar-refractivity contribution in [3.05, 3.63) is 98.3 Å². The molecule has 0 saturated heterocycles. The minimum atomic E-state index is -0.788. The molecule has 0 bridgehead atoms. The third kappa shape index (κ3) is 3.75. The molecule has 0 aliphatic heterocycles. The second-order valence-electron chi connectivity index (χ2n) is 5.53. The highest BCUT2D eigenvalue weighted by Gasteiger charge is 2.15. The molecule has 2 aromatic heterocycles. The molecule has 3 aromatic rings. The number of aromatic amines is 1. The number of aromatic nitrogens is 3. The van der Waals surface area contributed by atoms with E-state index in [1.165, 1.54) is 18.2 Å². The highest BCUT2D eigenvalue weighted by atomic mass is 19.1. The lowest BCUT2D eigenvalue weighted by atomic mass is 10.2. The van der Waals surface area contributed by atoms with Crippen molar-refractivity contribution in [3.63, 3.8) is 0 Å². The number of hydrogen-bond acceptors (Lipinski definition) is 4. The Morgan fingerprint density at radius 2 is 1.88 bits per heavy atom. The highest BCUT2D eigenvalue weighted by molar-refractivity contribution is 5.93. The maximum atomic E-state index is 13.8. The van der Waals surface area contributed by atoms with Gasteiger partial charge < -0.3 is 10.3 Å². The van der Waals surface area contributed by atoms with Crippen LogP contribution in [0.5, 0.6) is 0 Å². The molecule has 26 heavy (non-hydrogen) atoms. The Labute approximate surface area is 147 Å². The molecule has 0 aliphatic rings. The van der Waals surface area contributed by atoms with Crippen LogP contribution in [0.1, 0.15) is 21.5 Å². The molecule has 0 aliphatic carbocycles. The molecule has 7 nitrogen and oxygen atoms in total. The average Bonchev–Trinajstić information content (AvgIpc) is 2.65. The second-order valence-corrected chi connectivity index (χ2v) is 5.53. The Kier molecular flexibility index (Phi) is 5.02. The van der Waals surface area contributed by atoms with E-state index < -0.39 is 23.0 Å². The lowest BCUT2D eigenvalue weighted by molar-refractivity contribution is 0.0948. The minimum Gasteiger partial charge on any atom is -0.348 e. The first-order valence-corrected chi connectivity index (χ1v) is 7.79. The quantitative estimate of drug-likeness (QED) is 0.716. The van der Waals surface area contributed by atoms with Gasteiger partial charge in [-0.2, -0.15) is 0 Å². The van der Waals surface area contributed by atoms with Crippen molar-refractivity contribution in [2.75, 3.05) is 0 Å². The summed E-state index contributed by atoms with van der Waals surface area (Å²) in [6.45, 7) is -0.0699. The molecule has 8 heteroatoms. The summed E-state index contributed by atoms with van der Waals surface area (Å²) in [5.41, 5.74) is -0.748. The van der Waals surface area contributed by atoms with Crippen LogP contribution in [-0.2, 0) is 13.1 Å². The normalized spacial score (nSPS) is 10.5. The van der Waals surface area contributed by atoms with Crippen molar-refractivity contribution in [1.29, 1.82) is 0 Å². The van der Waals surface area contributed by atoms with Gasteiger partial charge in [0.2, 0.25) is 0 Å². The zero-order chi connectivity index (χ0) is 18.5. The Bertz CT molecular complexity index is 1040. The Morgan fingerprint density at radius 3 is 2.62 bits per heavy atom. The van der Waals surface area contributed by atoms with Gasteiger partial charge in [0, 0.05) is 30.7 Å². The predicted octanol–water partition coefficient (Wildman–Crippen LogP) is 1.05. The number of rotatable bonds is 5. The monoisotopic (exact) mass is 354 g/mol. The van der Waals surface area contributed by atoms with Gasteiger partial charge in [0.25, 0.3) is 11.5 Å². The second kappa shape index (κ2) is 7.56. The van der Waals surface area contributed by atoms with Gasteiger partial charge in [-0.3, -0.25) is 19.1 Å². The van der Waals surface area contributed by atoms with Crippen molar-refractivity contribution < 1.29 is 9.18 Å². The van der Waals surface area contributed by atoms with Crippen LogP contribution in [0.25, 0.3) is 0 Å². The van der Waals surface area contributed by atoms with Gasteiger partial charge in [0.05, 0.1) is 6.54 Å². The summed E-state index contributed by atoms with van der Waals surface area (Å²) in [4.78, 5) is 43.0. The van der Waals surface area contributed by atoms with Gasteiger partial charge >= 0.3 is 5.69 Å². The number of nitrogens with zero attached hydrogens (tertiary/aromatic N) is 2. The fraction of sp³-hybridized carbons (Fsp3) is 0.111.